The van der Waals surface area contributed by atoms with Gasteiger partial charge in [-0.05, 0) is 36.4 Å². The Bertz CT molecular complexity index is 1090. The average molecular weight is 408 g/mol. The smallest absolute Gasteiger partial charge is 0.262 e. The van der Waals surface area contributed by atoms with Crippen LogP contribution in [0.1, 0.15) is 20.7 Å². The molecule has 2 heterocycles. The van der Waals surface area contributed by atoms with Crippen LogP contribution < -0.4 is 24.8 Å². The van der Waals surface area contributed by atoms with E-state index in [9.17, 15) is 9.59 Å². The second-order valence-corrected chi connectivity index (χ2v) is 6.57. The van der Waals surface area contributed by atoms with Crippen molar-refractivity contribution in [2.75, 3.05) is 31.0 Å². The number of carbonyl (C=O) groups excluding carboxylic acids is 2. The number of methoxy groups -OCH3 is 1. The van der Waals surface area contributed by atoms with E-state index in [1.807, 2.05) is 0 Å². The number of nitrogens with one attached hydrogen (secondary N) is 2. The highest BCUT2D eigenvalue weighted by Gasteiger charge is 2.17. The summed E-state index contributed by atoms with van der Waals surface area (Å²) in [4.78, 5) is 25.0. The van der Waals surface area contributed by atoms with Gasteiger partial charge in [-0.3, -0.25) is 14.3 Å². The molecule has 0 fully saturated rings. The zero-order chi connectivity index (χ0) is 21.1. The lowest BCUT2D eigenvalue weighted by Gasteiger charge is -2.19. The fraction of sp³-hybridized carbons (Fsp3) is 0.190. The number of benzene rings is 2. The Morgan fingerprint density at radius 1 is 0.967 bits per heavy atom. The number of aryl methyl sites for hydroxylation is 1. The zero-order valence-electron chi connectivity index (χ0n) is 16.5. The predicted molar refractivity (Wildman–Crippen MR) is 110 cm³/mol. The molecule has 2 N–H and O–H groups in total. The minimum absolute atomic E-state index is 0.241. The molecule has 0 bridgehead atoms. The molecule has 0 radical (unpaired) electrons. The maximum atomic E-state index is 12.5. The zero-order valence-corrected chi connectivity index (χ0v) is 16.5. The van der Waals surface area contributed by atoms with E-state index in [0.717, 1.165) is 0 Å². The Hall–Kier alpha value is -4.01. The molecule has 9 heteroatoms. The number of hydrogen-bond acceptors (Lipinski definition) is 6. The van der Waals surface area contributed by atoms with E-state index in [2.05, 4.69) is 15.7 Å². The van der Waals surface area contributed by atoms with Crippen LogP contribution in [-0.4, -0.2) is 41.9 Å². The SMILES string of the molecule is COc1nn(C)cc1C(=O)Nc1ccc(C(=O)Nc2ccc3c(c2)OCCO3)cc1. The van der Waals surface area contributed by atoms with Gasteiger partial charge in [-0.15, -0.1) is 5.10 Å². The first-order chi connectivity index (χ1) is 14.5. The Morgan fingerprint density at radius 3 is 2.37 bits per heavy atom. The van der Waals surface area contributed by atoms with Crippen molar-refractivity contribution in [3.05, 3.63) is 59.8 Å². The van der Waals surface area contributed by atoms with Crippen molar-refractivity contribution in [2.45, 2.75) is 0 Å². The van der Waals surface area contributed by atoms with Gasteiger partial charge in [0.15, 0.2) is 11.5 Å². The maximum Gasteiger partial charge on any atom is 0.262 e. The van der Waals surface area contributed by atoms with Crippen LogP contribution in [0.3, 0.4) is 0 Å². The van der Waals surface area contributed by atoms with Crippen molar-refractivity contribution in [1.29, 1.82) is 0 Å². The molecular formula is C21H20N4O5. The van der Waals surface area contributed by atoms with Gasteiger partial charge >= 0.3 is 0 Å². The van der Waals surface area contributed by atoms with E-state index < -0.39 is 0 Å². The molecule has 154 valence electrons. The van der Waals surface area contributed by atoms with Crippen LogP contribution >= 0.6 is 0 Å². The van der Waals surface area contributed by atoms with Crippen LogP contribution in [0.25, 0.3) is 0 Å². The normalized spacial score (nSPS) is 12.2. The summed E-state index contributed by atoms with van der Waals surface area (Å²) in [6, 6.07) is 11.8. The number of hydrogen-bond donors (Lipinski definition) is 2. The highest BCUT2D eigenvalue weighted by atomic mass is 16.6. The first-order valence-electron chi connectivity index (χ1n) is 9.23. The first kappa shape index (κ1) is 19.3. The molecule has 0 saturated carbocycles. The minimum Gasteiger partial charge on any atom is -0.486 e. The van der Waals surface area contributed by atoms with Gasteiger partial charge in [-0.2, -0.15) is 0 Å². The van der Waals surface area contributed by atoms with Gasteiger partial charge in [0.2, 0.25) is 5.88 Å². The standard InChI is InChI=1S/C21H20N4O5/c1-25-12-16(21(24-25)28-2)20(27)22-14-5-3-13(4-6-14)19(26)23-15-7-8-17-18(11-15)30-10-9-29-17/h3-8,11-12H,9-10H2,1-2H3,(H,22,27)(H,23,26). The van der Waals surface area contributed by atoms with Gasteiger partial charge in [0.1, 0.15) is 18.8 Å². The van der Waals surface area contributed by atoms with E-state index in [-0.39, 0.29) is 17.7 Å². The van der Waals surface area contributed by atoms with E-state index in [0.29, 0.717) is 47.2 Å². The van der Waals surface area contributed by atoms with Crippen molar-refractivity contribution in [2.24, 2.45) is 7.05 Å². The van der Waals surface area contributed by atoms with Crippen molar-refractivity contribution in [3.8, 4) is 17.4 Å². The molecule has 9 nitrogen and oxygen atoms in total. The fourth-order valence-electron chi connectivity index (χ4n) is 3.00. The van der Waals surface area contributed by atoms with Gasteiger partial charge in [-0.25, -0.2) is 0 Å². The molecule has 0 atom stereocenters. The van der Waals surface area contributed by atoms with Crippen molar-refractivity contribution < 1.29 is 23.8 Å². The molecule has 1 aliphatic heterocycles. The topological polar surface area (TPSA) is 104 Å². The molecule has 2 amide bonds. The Labute approximate surface area is 172 Å². The quantitative estimate of drug-likeness (QED) is 0.673. The number of ether oxygens (including phenoxy) is 3. The van der Waals surface area contributed by atoms with Crippen LogP contribution in [0.4, 0.5) is 11.4 Å². The number of nitrogens with zero attached hydrogens (tertiary/aromatic N) is 2. The van der Waals surface area contributed by atoms with Crippen LogP contribution in [-0.2, 0) is 7.05 Å². The Morgan fingerprint density at radius 2 is 1.63 bits per heavy atom. The van der Waals surface area contributed by atoms with Gasteiger partial charge in [0.25, 0.3) is 11.8 Å². The average Bonchev–Trinajstić information content (AvgIpc) is 3.15. The highest BCUT2D eigenvalue weighted by molar-refractivity contribution is 6.07. The summed E-state index contributed by atoms with van der Waals surface area (Å²) in [5.74, 6) is 0.866. The summed E-state index contributed by atoms with van der Waals surface area (Å²) < 4.78 is 17.6. The molecule has 4 rings (SSSR count). The second-order valence-electron chi connectivity index (χ2n) is 6.57. The molecule has 0 unspecified atom stereocenters. The molecule has 0 aliphatic carbocycles. The van der Waals surface area contributed by atoms with Gasteiger partial charge in [-0.1, -0.05) is 0 Å². The van der Waals surface area contributed by atoms with E-state index in [1.165, 1.54) is 11.8 Å². The van der Waals surface area contributed by atoms with Crippen LogP contribution in [0.5, 0.6) is 17.4 Å². The Balaban J connectivity index is 1.41. The third-order valence-corrected chi connectivity index (χ3v) is 4.44. The molecule has 1 aliphatic rings. The number of amides is 2. The molecule has 1 aromatic heterocycles. The molecule has 30 heavy (non-hydrogen) atoms. The molecule has 3 aromatic rings. The number of aromatic nitrogens is 2. The van der Waals surface area contributed by atoms with Crippen LogP contribution in [0.15, 0.2) is 48.7 Å². The first-order valence-corrected chi connectivity index (χ1v) is 9.23. The lowest BCUT2D eigenvalue weighted by atomic mass is 10.1. The lowest BCUT2D eigenvalue weighted by molar-refractivity contribution is 0.101. The Kier molecular flexibility index (Phi) is 5.25. The lowest BCUT2D eigenvalue weighted by Crippen LogP contribution is -2.16. The minimum atomic E-state index is -0.353. The van der Waals surface area contributed by atoms with Crippen molar-refractivity contribution in [3.63, 3.8) is 0 Å². The summed E-state index contributed by atoms with van der Waals surface area (Å²) in [5.41, 5.74) is 1.91. The largest absolute Gasteiger partial charge is 0.486 e. The molecule has 0 saturated heterocycles. The van der Waals surface area contributed by atoms with E-state index in [1.54, 1.807) is 55.7 Å². The van der Waals surface area contributed by atoms with Crippen LogP contribution in [0, 0.1) is 0 Å². The third kappa shape index (κ3) is 4.04. The van der Waals surface area contributed by atoms with Gasteiger partial charge < -0.3 is 24.8 Å². The van der Waals surface area contributed by atoms with E-state index in [4.69, 9.17) is 14.2 Å². The number of anilines is 2. The summed E-state index contributed by atoms with van der Waals surface area (Å²) in [5, 5.41) is 9.64. The fourth-order valence-corrected chi connectivity index (χ4v) is 3.00. The molecule has 2 aromatic carbocycles. The predicted octanol–water partition coefficient (Wildman–Crippen LogP) is 2.70. The number of carbonyl (C=O) groups is 2. The third-order valence-electron chi connectivity index (χ3n) is 4.44. The number of fused-ring (bicyclic) bond motifs is 1. The monoisotopic (exact) mass is 408 g/mol. The molecule has 0 spiro atoms. The molecular weight excluding hydrogens is 388 g/mol. The van der Waals surface area contributed by atoms with Crippen molar-refractivity contribution >= 4 is 23.2 Å². The van der Waals surface area contributed by atoms with Gasteiger partial charge in [0.05, 0.1) is 7.11 Å². The van der Waals surface area contributed by atoms with E-state index >= 15 is 0 Å². The summed E-state index contributed by atoms with van der Waals surface area (Å²) in [6.07, 6.45) is 1.57. The summed E-state index contributed by atoms with van der Waals surface area (Å²) >= 11 is 0. The van der Waals surface area contributed by atoms with Crippen LogP contribution in [0.2, 0.25) is 0 Å². The maximum absolute atomic E-state index is 12.5. The van der Waals surface area contributed by atoms with Crippen molar-refractivity contribution in [1.82, 2.24) is 9.78 Å². The summed E-state index contributed by atoms with van der Waals surface area (Å²) in [7, 11) is 3.16. The highest BCUT2D eigenvalue weighted by Crippen LogP contribution is 2.32. The van der Waals surface area contributed by atoms with Gasteiger partial charge in [0, 0.05) is 36.2 Å². The second kappa shape index (κ2) is 8.16. The summed E-state index contributed by atoms with van der Waals surface area (Å²) in [6.45, 7) is 0.984. The number of rotatable bonds is 5.